The fourth-order valence-corrected chi connectivity index (χ4v) is 1.49. The van der Waals surface area contributed by atoms with Gasteiger partial charge in [0.1, 0.15) is 5.82 Å². The van der Waals surface area contributed by atoms with Crippen molar-refractivity contribution in [2.24, 2.45) is 0 Å². The van der Waals surface area contributed by atoms with Crippen LogP contribution in [0.4, 0.5) is 4.39 Å². The maximum atomic E-state index is 13.2. The van der Waals surface area contributed by atoms with Gasteiger partial charge in [0.2, 0.25) is 0 Å². The quantitative estimate of drug-likeness (QED) is 0.686. The summed E-state index contributed by atoms with van der Waals surface area (Å²) in [7, 11) is 0. The Hall–Kier alpha value is -0.930. The van der Waals surface area contributed by atoms with E-state index >= 15 is 0 Å². The van der Waals surface area contributed by atoms with Crippen LogP contribution in [-0.4, -0.2) is 26.3 Å². The molecule has 0 radical (unpaired) electrons. The van der Waals surface area contributed by atoms with E-state index in [-0.39, 0.29) is 5.82 Å². The van der Waals surface area contributed by atoms with Crippen molar-refractivity contribution in [3.05, 3.63) is 35.6 Å². The fraction of sp³-hybridized carbons (Fsp3) is 0.538. The summed E-state index contributed by atoms with van der Waals surface area (Å²) in [4.78, 5) is 0. The Bertz CT molecular complexity index is 291. The maximum absolute atomic E-state index is 13.2. The highest BCUT2D eigenvalue weighted by Crippen LogP contribution is 2.05. The van der Waals surface area contributed by atoms with E-state index in [1.54, 1.807) is 6.07 Å². The molecule has 0 saturated carbocycles. The molecule has 0 aromatic heterocycles. The molecule has 2 nitrogen and oxygen atoms in total. The zero-order valence-corrected chi connectivity index (χ0v) is 9.84. The first-order valence-corrected chi connectivity index (χ1v) is 5.86. The van der Waals surface area contributed by atoms with Crippen LogP contribution in [0, 0.1) is 5.82 Å². The molecule has 0 spiro atoms. The second-order valence-electron chi connectivity index (χ2n) is 3.64. The van der Waals surface area contributed by atoms with E-state index < -0.39 is 0 Å². The normalized spacial score (nSPS) is 10.6. The number of ether oxygens (including phenoxy) is 1. The molecular formula is C13H20FNO. The molecular weight excluding hydrogens is 205 g/mol. The summed E-state index contributed by atoms with van der Waals surface area (Å²) < 4.78 is 18.4. The molecule has 0 amide bonds. The maximum Gasteiger partial charge on any atom is 0.126 e. The molecule has 0 bridgehead atoms. The number of nitrogens with one attached hydrogen (secondary N) is 1. The largest absolute Gasteiger partial charge is 0.382 e. The van der Waals surface area contributed by atoms with Gasteiger partial charge in [-0.05, 0) is 44.5 Å². The van der Waals surface area contributed by atoms with Gasteiger partial charge in [-0.25, -0.2) is 4.39 Å². The molecule has 1 aromatic carbocycles. The minimum absolute atomic E-state index is 0.112. The van der Waals surface area contributed by atoms with Gasteiger partial charge >= 0.3 is 0 Å². The van der Waals surface area contributed by atoms with Crippen molar-refractivity contribution in [1.29, 1.82) is 0 Å². The lowest BCUT2D eigenvalue weighted by molar-refractivity contribution is 0.145. The van der Waals surface area contributed by atoms with Crippen molar-refractivity contribution < 1.29 is 9.13 Å². The minimum atomic E-state index is -0.112. The smallest absolute Gasteiger partial charge is 0.126 e. The first kappa shape index (κ1) is 13.1. The van der Waals surface area contributed by atoms with Gasteiger partial charge in [0.15, 0.2) is 0 Å². The zero-order chi connectivity index (χ0) is 11.6. The Kier molecular flexibility index (Phi) is 6.77. The van der Waals surface area contributed by atoms with Crippen LogP contribution < -0.4 is 5.32 Å². The van der Waals surface area contributed by atoms with Crippen LogP contribution in [0.3, 0.4) is 0 Å². The first-order chi connectivity index (χ1) is 7.84. The second-order valence-corrected chi connectivity index (χ2v) is 3.64. The van der Waals surface area contributed by atoms with Crippen molar-refractivity contribution in [2.45, 2.75) is 19.8 Å². The van der Waals surface area contributed by atoms with Crippen LogP contribution in [0.5, 0.6) is 0 Å². The molecule has 0 saturated heterocycles. The third-order valence-electron chi connectivity index (χ3n) is 2.38. The van der Waals surface area contributed by atoms with Crippen molar-refractivity contribution in [3.63, 3.8) is 0 Å². The Morgan fingerprint density at radius 1 is 1.25 bits per heavy atom. The Labute approximate surface area is 96.8 Å². The SMILES string of the molecule is CCOCCCNCCc1ccccc1F. The Morgan fingerprint density at radius 2 is 2.06 bits per heavy atom. The van der Waals surface area contributed by atoms with Crippen LogP contribution in [0.2, 0.25) is 0 Å². The Morgan fingerprint density at radius 3 is 2.81 bits per heavy atom. The lowest BCUT2D eigenvalue weighted by Crippen LogP contribution is -2.20. The second kappa shape index (κ2) is 8.25. The third kappa shape index (κ3) is 5.24. The van der Waals surface area contributed by atoms with Gasteiger partial charge in [-0.15, -0.1) is 0 Å². The first-order valence-electron chi connectivity index (χ1n) is 5.86. The van der Waals surface area contributed by atoms with E-state index in [1.165, 1.54) is 6.07 Å². The molecule has 1 aromatic rings. The number of hydrogen-bond acceptors (Lipinski definition) is 2. The standard InChI is InChI=1S/C13H20FNO/c1-2-16-11-5-9-15-10-8-12-6-3-4-7-13(12)14/h3-4,6-7,15H,2,5,8-11H2,1H3. The van der Waals surface area contributed by atoms with Gasteiger partial charge in [-0.1, -0.05) is 18.2 Å². The number of halogens is 1. The number of hydrogen-bond donors (Lipinski definition) is 1. The topological polar surface area (TPSA) is 21.3 Å². The number of benzene rings is 1. The average Bonchev–Trinajstić information content (AvgIpc) is 2.30. The summed E-state index contributed by atoms with van der Waals surface area (Å²) in [6.07, 6.45) is 1.74. The van der Waals surface area contributed by atoms with E-state index in [0.29, 0.717) is 0 Å². The molecule has 0 aliphatic carbocycles. The van der Waals surface area contributed by atoms with E-state index in [2.05, 4.69) is 5.32 Å². The van der Waals surface area contributed by atoms with Gasteiger partial charge < -0.3 is 10.1 Å². The monoisotopic (exact) mass is 225 g/mol. The molecule has 0 heterocycles. The lowest BCUT2D eigenvalue weighted by atomic mass is 10.1. The van der Waals surface area contributed by atoms with Gasteiger partial charge in [0.05, 0.1) is 0 Å². The zero-order valence-electron chi connectivity index (χ0n) is 9.84. The highest BCUT2D eigenvalue weighted by Gasteiger charge is 1.99. The highest BCUT2D eigenvalue weighted by atomic mass is 19.1. The molecule has 1 rings (SSSR count). The minimum Gasteiger partial charge on any atom is -0.382 e. The summed E-state index contributed by atoms with van der Waals surface area (Å²) in [6, 6.07) is 6.92. The molecule has 3 heteroatoms. The van der Waals surface area contributed by atoms with Gasteiger partial charge in [0, 0.05) is 13.2 Å². The van der Waals surface area contributed by atoms with Crippen LogP contribution in [0.15, 0.2) is 24.3 Å². The summed E-state index contributed by atoms with van der Waals surface area (Å²) in [5, 5.41) is 3.27. The van der Waals surface area contributed by atoms with E-state index in [9.17, 15) is 4.39 Å². The van der Waals surface area contributed by atoms with Crippen LogP contribution in [0.25, 0.3) is 0 Å². The van der Waals surface area contributed by atoms with Crippen LogP contribution in [0.1, 0.15) is 18.9 Å². The molecule has 0 atom stereocenters. The molecule has 0 unspecified atom stereocenters. The lowest BCUT2D eigenvalue weighted by Gasteiger charge is -2.05. The van der Waals surface area contributed by atoms with Gasteiger partial charge in [-0.2, -0.15) is 0 Å². The Balaban J connectivity index is 2.05. The van der Waals surface area contributed by atoms with E-state index in [4.69, 9.17) is 4.74 Å². The van der Waals surface area contributed by atoms with Crippen molar-refractivity contribution >= 4 is 0 Å². The molecule has 0 fully saturated rings. The summed E-state index contributed by atoms with van der Waals surface area (Å²) in [5.41, 5.74) is 0.778. The van der Waals surface area contributed by atoms with E-state index in [1.807, 2.05) is 19.1 Å². The van der Waals surface area contributed by atoms with Gasteiger partial charge in [-0.3, -0.25) is 0 Å². The fourth-order valence-electron chi connectivity index (χ4n) is 1.49. The van der Waals surface area contributed by atoms with Crippen LogP contribution in [-0.2, 0) is 11.2 Å². The predicted octanol–water partition coefficient (Wildman–Crippen LogP) is 2.38. The summed E-state index contributed by atoms with van der Waals surface area (Å²) >= 11 is 0. The molecule has 90 valence electrons. The molecule has 16 heavy (non-hydrogen) atoms. The molecule has 0 aliphatic heterocycles. The van der Waals surface area contributed by atoms with Gasteiger partial charge in [0.25, 0.3) is 0 Å². The van der Waals surface area contributed by atoms with Crippen molar-refractivity contribution in [2.75, 3.05) is 26.3 Å². The van der Waals surface area contributed by atoms with Crippen molar-refractivity contribution in [1.82, 2.24) is 5.32 Å². The van der Waals surface area contributed by atoms with Crippen molar-refractivity contribution in [3.8, 4) is 0 Å². The molecule has 1 N–H and O–H groups in total. The third-order valence-corrected chi connectivity index (χ3v) is 2.38. The van der Waals surface area contributed by atoms with Crippen LogP contribution >= 0.6 is 0 Å². The average molecular weight is 225 g/mol. The molecule has 0 aliphatic rings. The summed E-state index contributed by atoms with van der Waals surface area (Å²) in [5.74, 6) is -0.112. The van der Waals surface area contributed by atoms with E-state index in [0.717, 1.165) is 44.7 Å². The summed E-state index contributed by atoms with van der Waals surface area (Å²) in [6.45, 7) is 5.30. The highest BCUT2D eigenvalue weighted by molar-refractivity contribution is 5.17. The predicted molar refractivity (Wildman–Crippen MR) is 64.1 cm³/mol. The number of rotatable bonds is 8.